The van der Waals surface area contributed by atoms with Crippen LogP contribution in [0.1, 0.15) is 62.4 Å². The lowest BCUT2D eigenvalue weighted by Crippen LogP contribution is -2.46. The molecule has 1 aliphatic carbocycles. The van der Waals surface area contributed by atoms with E-state index in [9.17, 15) is 19.2 Å². The second kappa shape index (κ2) is 13.7. The van der Waals surface area contributed by atoms with Crippen LogP contribution in [0.25, 0.3) is 11.1 Å². The summed E-state index contributed by atoms with van der Waals surface area (Å²) in [5.41, 5.74) is 1.85. The normalized spacial score (nSPS) is 17.8. The van der Waals surface area contributed by atoms with Crippen LogP contribution in [-0.4, -0.2) is 54.3 Å². The van der Waals surface area contributed by atoms with Gasteiger partial charge in [0, 0.05) is 29.5 Å². The summed E-state index contributed by atoms with van der Waals surface area (Å²) in [4.78, 5) is 48.6. The van der Waals surface area contributed by atoms with Crippen LogP contribution in [0.4, 0.5) is 4.79 Å². The van der Waals surface area contributed by atoms with Gasteiger partial charge in [-0.05, 0) is 75.6 Å². The molecule has 0 bridgehead atoms. The zero-order chi connectivity index (χ0) is 29.4. The first-order valence-corrected chi connectivity index (χ1v) is 13.7. The molecule has 0 heterocycles. The van der Waals surface area contributed by atoms with Crippen LogP contribution in [0.15, 0.2) is 42.5 Å². The molecule has 2 aromatic carbocycles. The van der Waals surface area contributed by atoms with Crippen LogP contribution in [0.2, 0.25) is 5.02 Å². The van der Waals surface area contributed by atoms with E-state index in [0.29, 0.717) is 30.0 Å². The molecule has 0 aromatic heterocycles. The smallest absolute Gasteiger partial charge is 0.407 e. The van der Waals surface area contributed by atoms with Crippen LogP contribution < -0.4 is 10.6 Å². The summed E-state index contributed by atoms with van der Waals surface area (Å²) in [5.74, 6) is -1.72. The van der Waals surface area contributed by atoms with E-state index in [-0.39, 0.29) is 29.7 Å². The number of rotatable bonds is 9. The maximum atomic E-state index is 13.0. The number of nitrogens with one attached hydrogen (secondary N) is 2. The summed E-state index contributed by atoms with van der Waals surface area (Å²) in [7, 11) is 1.29. The van der Waals surface area contributed by atoms with E-state index in [1.54, 1.807) is 6.07 Å². The third-order valence-electron chi connectivity index (χ3n) is 6.87. The molecule has 216 valence electrons. The predicted octanol–water partition coefficient (Wildman–Crippen LogP) is 5.24. The highest BCUT2D eigenvalue weighted by atomic mass is 35.5. The van der Waals surface area contributed by atoms with Crippen LogP contribution in [0.5, 0.6) is 0 Å². The number of ether oxygens (including phenoxy) is 2. The van der Waals surface area contributed by atoms with Gasteiger partial charge in [-0.3, -0.25) is 4.79 Å². The molecular weight excluding hydrogens is 536 g/mol. The summed E-state index contributed by atoms with van der Waals surface area (Å²) in [6, 6.07) is 11.0. The van der Waals surface area contributed by atoms with Crippen LogP contribution >= 0.6 is 11.6 Å². The second-order valence-corrected chi connectivity index (χ2v) is 11.5. The second-order valence-electron chi connectivity index (χ2n) is 11.1. The van der Waals surface area contributed by atoms with E-state index >= 15 is 0 Å². The van der Waals surface area contributed by atoms with E-state index in [1.165, 1.54) is 19.2 Å². The first-order chi connectivity index (χ1) is 18.9. The summed E-state index contributed by atoms with van der Waals surface area (Å²) in [6.07, 6.45) is 2.70. The lowest BCUT2D eigenvalue weighted by molar-refractivity contribution is -0.145. The van der Waals surface area contributed by atoms with Gasteiger partial charge in [-0.15, -0.1) is 0 Å². The summed E-state index contributed by atoms with van der Waals surface area (Å²) >= 11 is 6.29. The Morgan fingerprint density at radius 3 is 2.23 bits per heavy atom. The topological polar surface area (TPSA) is 131 Å². The molecule has 40 heavy (non-hydrogen) atoms. The maximum Gasteiger partial charge on any atom is 0.407 e. The Hall–Kier alpha value is -3.59. The number of carboxylic acid groups (broad SMARTS) is 1. The lowest BCUT2D eigenvalue weighted by Gasteiger charge is -2.29. The van der Waals surface area contributed by atoms with Crippen molar-refractivity contribution < 1.29 is 33.8 Å². The van der Waals surface area contributed by atoms with Crippen molar-refractivity contribution in [1.29, 1.82) is 0 Å². The van der Waals surface area contributed by atoms with E-state index in [1.807, 2.05) is 45.0 Å². The Bertz CT molecular complexity index is 1220. The van der Waals surface area contributed by atoms with Crippen molar-refractivity contribution in [3.05, 3.63) is 58.6 Å². The van der Waals surface area contributed by atoms with E-state index in [0.717, 1.165) is 24.0 Å². The molecule has 0 aliphatic heterocycles. The molecule has 9 nitrogen and oxygen atoms in total. The largest absolute Gasteiger partial charge is 0.478 e. The van der Waals surface area contributed by atoms with E-state index < -0.39 is 29.7 Å². The average molecular weight is 573 g/mol. The molecule has 3 N–H and O–H groups in total. The van der Waals surface area contributed by atoms with Gasteiger partial charge in [-0.1, -0.05) is 41.9 Å². The van der Waals surface area contributed by atoms with Crippen molar-refractivity contribution in [2.45, 2.75) is 64.5 Å². The number of carboxylic acids is 1. The number of benzene rings is 2. The molecular formula is C30H37ClN2O7. The first-order valence-electron chi connectivity index (χ1n) is 13.3. The van der Waals surface area contributed by atoms with Crippen molar-refractivity contribution in [1.82, 2.24) is 10.6 Å². The Kier molecular flexibility index (Phi) is 10.6. The molecule has 2 amide bonds. The minimum atomic E-state index is -1.05. The molecule has 0 spiro atoms. The SMILES string of the molecule is COC(=O)C(Cc1ccc(-c2ccc(C(=O)O)cc2Cl)cc1)NC(=O)C1CCC(CNC(=O)OC(C)(C)C)CC1. The average Bonchev–Trinajstić information content (AvgIpc) is 2.90. The van der Waals surface area contributed by atoms with E-state index in [2.05, 4.69) is 10.6 Å². The standard InChI is InChI=1S/C30H37ClN2O7/c1-30(2,3)40-29(38)32-17-19-7-11-21(12-8-19)26(34)33-25(28(37)39-4)15-18-5-9-20(10-6-18)23-14-13-22(27(35)36)16-24(23)31/h5-6,9-10,13-14,16,19,21,25H,7-8,11-12,15,17H2,1-4H3,(H,32,38)(H,33,34)(H,35,36). The maximum absolute atomic E-state index is 13.0. The molecule has 10 heteroatoms. The van der Waals surface area contributed by atoms with Gasteiger partial charge in [0.1, 0.15) is 11.6 Å². The van der Waals surface area contributed by atoms with Crippen LogP contribution in [0.3, 0.4) is 0 Å². The van der Waals surface area contributed by atoms with Crippen molar-refractivity contribution >= 4 is 35.5 Å². The van der Waals surface area contributed by atoms with Crippen molar-refractivity contribution in [2.75, 3.05) is 13.7 Å². The Morgan fingerprint density at radius 2 is 1.68 bits per heavy atom. The zero-order valence-electron chi connectivity index (χ0n) is 23.3. The molecule has 1 aliphatic rings. The van der Waals surface area contributed by atoms with Gasteiger partial charge in [0.25, 0.3) is 0 Å². The number of hydrogen-bond acceptors (Lipinski definition) is 6. The molecule has 1 unspecified atom stereocenters. The van der Waals surface area contributed by atoms with E-state index in [4.69, 9.17) is 26.2 Å². The third-order valence-corrected chi connectivity index (χ3v) is 7.19. The third kappa shape index (κ3) is 8.98. The predicted molar refractivity (Wildman–Crippen MR) is 151 cm³/mol. The minimum absolute atomic E-state index is 0.105. The Balaban J connectivity index is 1.55. The summed E-state index contributed by atoms with van der Waals surface area (Å²) in [6.45, 7) is 5.94. The number of aromatic carboxylic acids is 1. The molecule has 1 saturated carbocycles. The van der Waals surface area contributed by atoms with Gasteiger partial charge in [0.05, 0.1) is 12.7 Å². The van der Waals surface area contributed by atoms with Crippen LogP contribution in [0, 0.1) is 11.8 Å². The number of halogens is 1. The molecule has 0 saturated heterocycles. The number of amides is 2. The number of methoxy groups -OCH3 is 1. The highest BCUT2D eigenvalue weighted by molar-refractivity contribution is 6.33. The van der Waals surface area contributed by atoms with Gasteiger partial charge in [0.15, 0.2) is 0 Å². The monoisotopic (exact) mass is 572 g/mol. The number of esters is 1. The van der Waals surface area contributed by atoms with Gasteiger partial charge in [0.2, 0.25) is 5.91 Å². The molecule has 1 fully saturated rings. The number of alkyl carbamates (subject to hydrolysis) is 1. The summed E-state index contributed by atoms with van der Waals surface area (Å²) in [5, 5.41) is 15.1. The summed E-state index contributed by atoms with van der Waals surface area (Å²) < 4.78 is 10.2. The first kappa shape index (κ1) is 30.9. The number of hydrogen-bond donors (Lipinski definition) is 3. The van der Waals surface area contributed by atoms with Crippen molar-refractivity contribution in [3.63, 3.8) is 0 Å². The highest BCUT2D eigenvalue weighted by Gasteiger charge is 2.30. The Labute approximate surface area is 239 Å². The lowest BCUT2D eigenvalue weighted by atomic mass is 9.81. The quantitative estimate of drug-likeness (QED) is 0.350. The molecule has 3 rings (SSSR count). The molecule has 0 radical (unpaired) electrons. The Morgan fingerprint density at radius 1 is 1.02 bits per heavy atom. The molecule has 1 atom stereocenters. The number of carbonyl (C=O) groups is 4. The minimum Gasteiger partial charge on any atom is -0.478 e. The van der Waals surface area contributed by atoms with Gasteiger partial charge < -0.3 is 25.2 Å². The fourth-order valence-corrected chi connectivity index (χ4v) is 5.02. The van der Waals surface area contributed by atoms with Crippen LogP contribution in [-0.2, 0) is 25.5 Å². The van der Waals surface area contributed by atoms with Crippen molar-refractivity contribution in [2.24, 2.45) is 11.8 Å². The fourth-order valence-electron chi connectivity index (χ4n) is 4.73. The van der Waals surface area contributed by atoms with Gasteiger partial charge in [-0.2, -0.15) is 0 Å². The zero-order valence-corrected chi connectivity index (χ0v) is 24.0. The molecule has 2 aromatic rings. The van der Waals surface area contributed by atoms with Gasteiger partial charge in [-0.25, -0.2) is 14.4 Å². The number of carbonyl (C=O) groups excluding carboxylic acids is 3. The fraction of sp³-hybridized carbons (Fsp3) is 0.467. The van der Waals surface area contributed by atoms with Crippen molar-refractivity contribution in [3.8, 4) is 11.1 Å². The highest BCUT2D eigenvalue weighted by Crippen LogP contribution is 2.30. The van der Waals surface area contributed by atoms with Gasteiger partial charge >= 0.3 is 18.0 Å².